The molecule has 2 unspecified atom stereocenters. The Balaban J connectivity index is 2.77. The second kappa shape index (κ2) is 6.12. The highest BCUT2D eigenvalue weighted by Crippen LogP contribution is 2.30. The Labute approximate surface area is 112 Å². The highest BCUT2D eigenvalue weighted by Gasteiger charge is 2.36. The Bertz CT molecular complexity index is 424. The van der Waals surface area contributed by atoms with Crippen LogP contribution < -0.4 is 0 Å². The van der Waals surface area contributed by atoms with E-state index in [0.717, 1.165) is 12.8 Å². The van der Waals surface area contributed by atoms with Crippen LogP contribution in [0.2, 0.25) is 0 Å². The summed E-state index contributed by atoms with van der Waals surface area (Å²) in [5.41, 5.74) is -1.20. The Morgan fingerprint density at radius 3 is 2.47 bits per heavy atom. The van der Waals surface area contributed by atoms with Crippen molar-refractivity contribution < 1.29 is 24.5 Å². The third-order valence-electron chi connectivity index (χ3n) is 3.20. The lowest BCUT2D eigenvalue weighted by Gasteiger charge is -2.34. The molecular formula is C14H20O5. The third-order valence-corrected chi connectivity index (χ3v) is 3.20. The van der Waals surface area contributed by atoms with Crippen LogP contribution in [0, 0.1) is 0 Å². The van der Waals surface area contributed by atoms with Gasteiger partial charge in [-0.2, -0.15) is 0 Å². The smallest absolute Gasteiger partial charge is 0.341 e. The van der Waals surface area contributed by atoms with Crippen LogP contribution in [-0.4, -0.2) is 33.9 Å². The van der Waals surface area contributed by atoms with Crippen LogP contribution in [0.25, 0.3) is 0 Å². The molecule has 0 aromatic rings. The highest BCUT2D eigenvalue weighted by molar-refractivity contribution is 6.01. The summed E-state index contributed by atoms with van der Waals surface area (Å²) in [4.78, 5) is 22.8. The van der Waals surface area contributed by atoms with Crippen LogP contribution in [0.3, 0.4) is 0 Å². The van der Waals surface area contributed by atoms with Crippen molar-refractivity contribution in [3.63, 3.8) is 0 Å². The van der Waals surface area contributed by atoms with Crippen molar-refractivity contribution in [1.29, 1.82) is 0 Å². The molecule has 0 spiro atoms. The summed E-state index contributed by atoms with van der Waals surface area (Å²) in [5, 5.41) is 20.1. The summed E-state index contributed by atoms with van der Waals surface area (Å²) < 4.78 is 4.56. The summed E-state index contributed by atoms with van der Waals surface area (Å²) in [6.07, 6.45) is 2.87. The fourth-order valence-electron chi connectivity index (χ4n) is 2.02. The maximum absolute atomic E-state index is 11.6. The van der Waals surface area contributed by atoms with Gasteiger partial charge in [-0.05, 0) is 32.8 Å². The number of carbonyl (C=O) groups is 2. The molecule has 106 valence electrons. The van der Waals surface area contributed by atoms with Gasteiger partial charge in [0, 0.05) is 11.1 Å². The van der Waals surface area contributed by atoms with E-state index in [0.29, 0.717) is 12.8 Å². The van der Waals surface area contributed by atoms with Gasteiger partial charge in [0.1, 0.15) is 5.60 Å². The zero-order chi connectivity index (χ0) is 14.6. The maximum atomic E-state index is 11.6. The lowest BCUT2D eigenvalue weighted by atomic mass is 9.81. The normalized spacial score (nSPS) is 27.8. The molecule has 1 rings (SSSR count). The zero-order valence-electron chi connectivity index (χ0n) is 11.3. The minimum atomic E-state index is -1.42. The summed E-state index contributed by atoms with van der Waals surface area (Å²) >= 11 is 0. The number of carbonyl (C=O) groups excluding carboxylic acids is 2. The Kier molecular flexibility index (Phi) is 5.03. The number of aliphatic hydroxyl groups is 2. The molecule has 1 saturated carbocycles. The van der Waals surface area contributed by atoms with E-state index in [1.807, 2.05) is 0 Å². The van der Waals surface area contributed by atoms with Gasteiger partial charge in [0.15, 0.2) is 0 Å². The minimum absolute atomic E-state index is 0.0954. The van der Waals surface area contributed by atoms with Crippen molar-refractivity contribution in [2.45, 2.75) is 51.2 Å². The molecule has 1 aliphatic carbocycles. The summed E-state index contributed by atoms with van der Waals surface area (Å²) in [6, 6.07) is 0. The molecule has 0 bridgehead atoms. The Hall–Kier alpha value is -1.46. The lowest BCUT2D eigenvalue weighted by Crippen LogP contribution is -2.43. The van der Waals surface area contributed by atoms with Crippen LogP contribution >= 0.6 is 0 Å². The van der Waals surface area contributed by atoms with Crippen LogP contribution in [-0.2, 0) is 14.3 Å². The molecule has 0 saturated heterocycles. The van der Waals surface area contributed by atoms with E-state index in [2.05, 4.69) is 11.3 Å². The monoisotopic (exact) mass is 268 g/mol. The molecular weight excluding hydrogens is 248 g/mol. The fraction of sp³-hybridized carbons (Fsp3) is 0.571. The molecule has 2 atom stereocenters. The SMILES string of the molecule is C=C(C)C(=O)OC(=O)C(C)=CC1(O)CCCCC1O. The molecule has 2 N–H and O–H groups in total. The molecule has 0 aromatic heterocycles. The molecule has 0 radical (unpaired) electrons. The molecule has 0 aliphatic heterocycles. The Morgan fingerprint density at radius 2 is 1.95 bits per heavy atom. The Morgan fingerprint density at radius 1 is 1.32 bits per heavy atom. The predicted octanol–water partition coefficient (Wildman–Crippen LogP) is 1.24. The predicted molar refractivity (Wildman–Crippen MR) is 69.1 cm³/mol. The summed E-state index contributed by atoms with van der Waals surface area (Å²) in [5.74, 6) is -1.63. The second-order valence-electron chi connectivity index (χ2n) is 5.04. The van der Waals surface area contributed by atoms with Gasteiger partial charge in [-0.25, -0.2) is 9.59 Å². The molecule has 19 heavy (non-hydrogen) atoms. The van der Waals surface area contributed by atoms with E-state index >= 15 is 0 Å². The number of esters is 2. The van der Waals surface area contributed by atoms with Crippen molar-refractivity contribution in [2.24, 2.45) is 0 Å². The first-order valence-corrected chi connectivity index (χ1v) is 6.28. The molecule has 0 amide bonds. The molecule has 0 heterocycles. The average Bonchev–Trinajstić information content (AvgIpc) is 2.32. The molecule has 1 fully saturated rings. The van der Waals surface area contributed by atoms with Gasteiger partial charge in [0.2, 0.25) is 0 Å². The van der Waals surface area contributed by atoms with E-state index in [4.69, 9.17) is 0 Å². The van der Waals surface area contributed by atoms with Crippen LogP contribution in [0.15, 0.2) is 23.8 Å². The topological polar surface area (TPSA) is 83.8 Å². The number of aliphatic hydroxyl groups excluding tert-OH is 1. The molecule has 1 aliphatic rings. The van der Waals surface area contributed by atoms with Crippen molar-refractivity contribution in [3.8, 4) is 0 Å². The summed E-state index contributed by atoms with van der Waals surface area (Å²) in [7, 11) is 0. The van der Waals surface area contributed by atoms with Gasteiger partial charge in [0.25, 0.3) is 0 Å². The van der Waals surface area contributed by atoms with E-state index in [1.54, 1.807) is 0 Å². The average molecular weight is 268 g/mol. The first-order valence-electron chi connectivity index (χ1n) is 6.28. The number of hydrogen-bond acceptors (Lipinski definition) is 5. The van der Waals surface area contributed by atoms with Gasteiger partial charge in [-0.3, -0.25) is 0 Å². The number of ether oxygens (including phenoxy) is 1. The van der Waals surface area contributed by atoms with Gasteiger partial charge in [0.05, 0.1) is 6.10 Å². The number of rotatable bonds is 3. The largest absolute Gasteiger partial charge is 0.390 e. The van der Waals surface area contributed by atoms with Crippen molar-refractivity contribution >= 4 is 11.9 Å². The van der Waals surface area contributed by atoms with E-state index in [-0.39, 0.29) is 11.1 Å². The third kappa shape index (κ3) is 4.01. The molecule has 0 aromatic carbocycles. The van der Waals surface area contributed by atoms with E-state index < -0.39 is 23.6 Å². The van der Waals surface area contributed by atoms with Crippen molar-refractivity contribution in [3.05, 3.63) is 23.8 Å². The standard InChI is InChI=1S/C14H20O5/c1-9(2)12(16)19-13(17)10(3)8-14(18)7-5-4-6-11(14)15/h8,11,15,18H,1,4-7H2,2-3H3. The van der Waals surface area contributed by atoms with Gasteiger partial charge >= 0.3 is 11.9 Å². The first-order chi connectivity index (χ1) is 8.76. The van der Waals surface area contributed by atoms with Crippen LogP contribution in [0.1, 0.15) is 39.5 Å². The van der Waals surface area contributed by atoms with Gasteiger partial charge in [-0.15, -0.1) is 0 Å². The molecule has 5 nitrogen and oxygen atoms in total. The van der Waals surface area contributed by atoms with Crippen molar-refractivity contribution in [2.75, 3.05) is 0 Å². The quantitative estimate of drug-likeness (QED) is 0.457. The van der Waals surface area contributed by atoms with E-state index in [9.17, 15) is 19.8 Å². The minimum Gasteiger partial charge on any atom is -0.390 e. The van der Waals surface area contributed by atoms with E-state index in [1.165, 1.54) is 19.9 Å². The van der Waals surface area contributed by atoms with Gasteiger partial charge < -0.3 is 14.9 Å². The first kappa shape index (κ1) is 15.6. The second-order valence-corrected chi connectivity index (χ2v) is 5.04. The zero-order valence-corrected chi connectivity index (χ0v) is 11.3. The van der Waals surface area contributed by atoms with Crippen molar-refractivity contribution in [1.82, 2.24) is 0 Å². The maximum Gasteiger partial charge on any atom is 0.341 e. The molecule has 5 heteroatoms. The van der Waals surface area contributed by atoms with Gasteiger partial charge in [-0.1, -0.05) is 19.4 Å². The number of hydrogen-bond donors (Lipinski definition) is 2. The fourth-order valence-corrected chi connectivity index (χ4v) is 2.02. The van der Waals surface area contributed by atoms with Crippen LogP contribution in [0.4, 0.5) is 0 Å². The summed E-state index contributed by atoms with van der Waals surface area (Å²) in [6.45, 7) is 6.25. The highest BCUT2D eigenvalue weighted by atomic mass is 16.6. The lowest BCUT2D eigenvalue weighted by molar-refractivity contribution is -0.154. The van der Waals surface area contributed by atoms with Crippen LogP contribution in [0.5, 0.6) is 0 Å².